The minimum atomic E-state index is -3.93. The Bertz CT molecular complexity index is 1520. The largest absolute Gasteiger partial charge is 0.416 e. The summed E-state index contributed by atoms with van der Waals surface area (Å²) in [4.78, 5) is 2.57. The Morgan fingerprint density at radius 2 is 1.62 bits per heavy atom. The van der Waals surface area contributed by atoms with Crippen LogP contribution in [0.4, 0.5) is 0 Å². The molecule has 0 N–H and O–H groups in total. The predicted molar refractivity (Wildman–Crippen MR) is 182 cm³/mol. The number of aromatic nitrogens is 1. The number of nitrogens with zero attached hydrogens (tertiary/aromatic N) is 2. The van der Waals surface area contributed by atoms with Crippen molar-refractivity contribution in [1.29, 1.82) is 0 Å². The van der Waals surface area contributed by atoms with E-state index in [1.165, 1.54) is 3.97 Å². The lowest BCUT2D eigenvalue weighted by Crippen LogP contribution is -2.44. The van der Waals surface area contributed by atoms with Gasteiger partial charge in [-0.15, -0.1) is 13.2 Å². The third-order valence-corrected chi connectivity index (χ3v) is 14.8. The first-order valence-electron chi connectivity index (χ1n) is 14.6. The van der Waals surface area contributed by atoms with Crippen LogP contribution in [0.15, 0.2) is 104 Å². The highest BCUT2D eigenvalue weighted by Gasteiger charge is 2.38. The monoisotopic (exact) mass is 604 g/mol. The van der Waals surface area contributed by atoms with E-state index in [0.717, 1.165) is 22.9 Å². The molecule has 1 unspecified atom stereocenters. The standard InChI is InChI=1S/C35H48N2O3SSi/c1-11-27(5)26-36(24-25-40-42(9,10)35(6,7)8)34(28(12-2)13-3)33-30-22-18-19-23-32(30)37(31(33)14-4)41(38,39)29-20-16-15-17-21-29/h12-23,28,34H,2-5,11,24-26H2,1,6-10H3. The van der Waals surface area contributed by atoms with Gasteiger partial charge in [0.1, 0.15) is 0 Å². The Morgan fingerprint density at radius 1 is 1.02 bits per heavy atom. The fourth-order valence-electron chi connectivity index (χ4n) is 5.04. The van der Waals surface area contributed by atoms with E-state index in [9.17, 15) is 8.42 Å². The van der Waals surface area contributed by atoms with Crippen LogP contribution < -0.4 is 0 Å². The lowest BCUT2D eigenvalue weighted by molar-refractivity contribution is 0.149. The van der Waals surface area contributed by atoms with Gasteiger partial charge in [-0.25, -0.2) is 12.4 Å². The van der Waals surface area contributed by atoms with Crippen LogP contribution in [0.25, 0.3) is 17.0 Å². The number of fused-ring (bicyclic) bond motifs is 1. The number of rotatable bonds is 15. The number of para-hydroxylation sites is 1. The number of hydrogen-bond acceptors (Lipinski definition) is 4. The Hall–Kier alpha value is -2.97. The van der Waals surface area contributed by atoms with Gasteiger partial charge in [-0.2, -0.15) is 0 Å². The van der Waals surface area contributed by atoms with E-state index < -0.39 is 18.3 Å². The molecule has 1 atom stereocenters. The van der Waals surface area contributed by atoms with Crippen LogP contribution in [0.2, 0.25) is 18.1 Å². The van der Waals surface area contributed by atoms with Crippen molar-refractivity contribution < 1.29 is 12.8 Å². The summed E-state index contributed by atoms with van der Waals surface area (Å²) in [5.41, 5.74) is 3.10. The summed E-state index contributed by atoms with van der Waals surface area (Å²) >= 11 is 0. The highest BCUT2D eigenvalue weighted by atomic mass is 32.2. The van der Waals surface area contributed by atoms with Crippen LogP contribution in [-0.4, -0.2) is 45.3 Å². The molecule has 3 aromatic rings. The zero-order chi connectivity index (χ0) is 31.3. The molecule has 226 valence electrons. The molecule has 0 aliphatic heterocycles. The molecular formula is C35H48N2O3SSi. The van der Waals surface area contributed by atoms with Crippen molar-refractivity contribution in [2.45, 2.75) is 63.2 Å². The van der Waals surface area contributed by atoms with Crippen molar-refractivity contribution >= 4 is 35.3 Å². The fraction of sp³-hybridized carbons (Fsp3) is 0.371. The lowest BCUT2D eigenvalue weighted by Gasteiger charge is -2.39. The third kappa shape index (κ3) is 6.81. The first kappa shape index (κ1) is 33.5. The van der Waals surface area contributed by atoms with Crippen LogP contribution in [-0.2, 0) is 14.4 Å². The second-order valence-corrected chi connectivity index (χ2v) is 18.9. The molecule has 1 aromatic heterocycles. The minimum Gasteiger partial charge on any atom is -0.416 e. The van der Waals surface area contributed by atoms with Gasteiger partial charge in [0.15, 0.2) is 8.32 Å². The van der Waals surface area contributed by atoms with Crippen LogP contribution in [0, 0.1) is 5.92 Å². The molecule has 0 aliphatic carbocycles. The molecule has 2 aromatic carbocycles. The zero-order valence-electron chi connectivity index (χ0n) is 26.3. The van der Waals surface area contributed by atoms with Gasteiger partial charge in [-0.3, -0.25) is 4.90 Å². The topological polar surface area (TPSA) is 51.5 Å². The van der Waals surface area contributed by atoms with E-state index in [4.69, 9.17) is 4.43 Å². The second-order valence-electron chi connectivity index (χ2n) is 12.3. The summed E-state index contributed by atoms with van der Waals surface area (Å²) < 4.78 is 36.4. The molecule has 0 aliphatic rings. The van der Waals surface area contributed by atoms with E-state index in [-0.39, 0.29) is 21.9 Å². The summed E-state index contributed by atoms with van der Waals surface area (Å²) in [6, 6.07) is 15.9. The predicted octanol–water partition coefficient (Wildman–Crippen LogP) is 8.84. The molecule has 0 fully saturated rings. The van der Waals surface area contributed by atoms with Gasteiger partial charge >= 0.3 is 0 Å². The van der Waals surface area contributed by atoms with E-state index in [2.05, 4.69) is 72.0 Å². The number of hydrogen-bond donors (Lipinski definition) is 0. The van der Waals surface area contributed by atoms with Crippen molar-refractivity contribution in [3.8, 4) is 0 Å². The number of benzene rings is 2. The van der Waals surface area contributed by atoms with Gasteiger partial charge in [0.05, 0.1) is 16.1 Å². The molecule has 0 spiro atoms. The van der Waals surface area contributed by atoms with Crippen molar-refractivity contribution in [3.05, 3.63) is 110 Å². The van der Waals surface area contributed by atoms with Crippen molar-refractivity contribution in [2.75, 3.05) is 19.7 Å². The quantitative estimate of drug-likeness (QED) is 0.128. The maximum Gasteiger partial charge on any atom is 0.268 e. The highest BCUT2D eigenvalue weighted by molar-refractivity contribution is 7.90. The third-order valence-electron chi connectivity index (χ3n) is 8.55. The molecule has 0 radical (unpaired) electrons. The van der Waals surface area contributed by atoms with Crippen LogP contribution in [0.5, 0.6) is 0 Å². The SMILES string of the molecule is C=Cc1c(C(C(C=C)C=C)N(CCO[Si](C)(C)C(C)(C)C)CC(=C)CC)c2ccccc2n1S(=O)(=O)c1ccccc1. The fourth-order valence-corrected chi connectivity index (χ4v) is 7.64. The lowest BCUT2D eigenvalue weighted by atomic mass is 9.88. The average Bonchev–Trinajstić information content (AvgIpc) is 3.29. The Labute approximate surface area is 255 Å². The van der Waals surface area contributed by atoms with Gasteiger partial charge in [0.25, 0.3) is 10.0 Å². The van der Waals surface area contributed by atoms with Crippen molar-refractivity contribution in [3.63, 3.8) is 0 Å². The highest BCUT2D eigenvalue weighted by Crippen LogP contribution is 2.42. The molecule has 0 bridgehead atoms. The van der Waals surface area contributed by atoms with E-state index in [0.29, 0.717) is 30.9 Å². The molecule has 0 saturated carbocycles. The summed E-state index contributed by atoms with van der Waals surface area (Å²) in [6.07, 6.45) is 6.26. The summed E-state index contributed by atoms with van der Waals surface area (Å²) in [6.45, 7) is 31.9. The van der Waals surface area contributed by atoms with Crippen LogP contribution in [0.1, 0.15) is 51.4 Å². The van der Waals surface area contributed by atoms with E-state index >= 15 is 0 Å². The molecule has 3 rings (SSSR count). The molecule has 0 saturated heterocycles. The maximum absolute atomic E-state index is 14.2. The Morgan fingerprint density at radius 3 is 2.17 bits per heavy atom. The first-order valence-corrected chi connectivity index (χ1v) is 19.0. The zero-order valence-corrected chi connectivity index (χ0v) is 28.1. The molecule has 42 heavy (non-hydrogen) atoms. The van der Waals surface area contributed by atoms with Gasteiger partial charge in [0.2, 0.25) is 0 Å². The average molecular weight is 605 g/mol. The molecule has 5 nitrogen and oxygen atoms in total. The first-order chi connectivity index (χ1) is 19.7. The molecule has 7 heteroatoms. The molecule has 0 amide bonds. The molecular weight excluding hydrogens is 557 g/mol. The van der Waals surface area contributed by atoms with Crippen molar-refractivity contribution in [2.24, 2.45) is 5.92 Å². The van der Waals surface area contributed by atoms with Gasteiger partial charge in [0, 0.05) is 42.6 Å². The van der Waals surface area contributed by atoms with Gasteiger partial charge in [-0.1, -0.05) is 95.0 Å². The van der Waals surface area contributed by atoms with E-state index in [1.807, 2.05) is 42.5 Å². The Kier molecular flexibility index (Phi) is 10.8. The smallest absolute Gasteiger partial charge is 0.268 e. The molecule has 1 heterocycles. The van der Waals surface area contributed by atoms with E-state index in [1.54, 1.807) is 30.3 Å². The summed E-state index contributed by atoms with van der Waals surface area (Å²) in [5.74, 6) is -0.181. The van der Waals surface area contributed by atoms with Gasteiger partial charge in [-0.05, 0) is 48.8 Å². The normalized spacial score (nSPS) is 13.4. The Balaban J connectivity index is 2.29. The van der Waals surface area contributed by atoms with Crippen LogP contribution in [0.3, 0.4) is 0 Å². The second kappa shape index (κ2) is 13.6. The van der Waals surface area contributed by atoms with Crippen molar-refractivity contribution in [1.82, 2.24) is 8.87 Å². The summed E-state index contributed by atoms with van der Waals surface area (Å²) in [7, 11) is -5.91. The maximum atomic E-state index is 14.2. The van der Waals surface area contributed by atoms with Crippen LogP contribution >= 0.6 is 0 Å². The summed E-state index contributed by atoms with van der Waals surface area (Å²) in [5, 5.41) is 0.938. The minimum absolute atomic E-state index is 0.0875. The van der Waals surface area contributed by atoms with Gasteiger partial charge < -0.3 is 4.43 Å².